The van der Waals surface area contributed by atoms with Crippen molar-refractivity contribution >= 4 is 11.6 Å². The molecule has 0 amide bonds. The summed E-state index contributed by atoms with van der Waals surface area (Å²) in [6.07, 6.45) is 3.41. The van der Waals surface area contributed by atoms with Crippen LogP contribution in [0.4, 0.5) is 0 Å². The second kappa shape index (κ2) is 4.04. The van der Waals surface area contributed by atoms with Crippen molar-refractivity contribution in [2.24, 2.45) is 0 Å². The fourth-order valence-electron chi connectivity index (χ4n) is 0.682. The van der Waals surface area contributed by atoms with E-state index in [2.05, 4.69) is 0 Å². The lowest BCUT2D eigenvalue weighted by atomic mass is 10.3. The third kappa shape index (κ3) is 2.28. The third-order valence-corrected chi connectivity index (χ3v) is 1.48. The second-order valence-corrected chi connectivity index (χ2v) is 2.42. The van der Waals surface area contributed by atoms with E-state index in [9.17, 15) is 0 Å². The van der Waals surface area contributed by atoms with E-state index in [4.69, 9.17) is 16.3 Å². The normalized spacial score (nSPS) is 10.4. The van der Waals surface area contributed by atoms with Crippen LogP contribution in [0.2, 0.25) is 5.02 Å². The van der Waals surface area contributed by atoms with Crippen LogP contribution in [0.15, 0.2) is 36.6 Å². The summed E-state index contributed by atoms with van der Waals surface area (Å²) in [6, 6.07) is 7.36. The molecule has 0 bridgehead atoms. The molecule has 11 heavy (non-hydrogen) atoms. The van der Waals surface area contributed by atoms with Crippen molar-refractivity contribution in [2.45, 2.75) is 6.92 Å². The van der Waals surface area contributed by atoms with Crippen molar-refractivity contribution in [3.8, 4) is 5.75 Å². The predicted molar refractivity (Wildman–Crippen MR) is 46.9 cm³/mol. The molecule has 1 aromatic carbocycles. The average molecular weight is 169 g/mol. The zero-order valence-corrected chi connectivity index (χ0v) is 7.01. The summed E-state index contributed by atoms with van der Waals surface area (Å²) < 4.78 is 5.17. The van der Waals surface area contributed by atoms with Crippen LogP contribution in [0.3, 0.4) is 0 Å². The number of hydrogen-bond donors (Lipinski definition) is 0. The zero-order valence-electron chi connectivity index (χ0n) is 6.25. The van der Waals surface area contributed by atoms with Gasteiger partial charge in [0, 0.05) is 0 Å². The monoisotopic (exact) mass is 168 g/mol. The lowest BCUT2D eigenvalue weighted by molar-refractivity contribution is 0.480. The van der Waals surface area contributed by atoms with Gasteiger partial charge in [0.05, 0.1) is 11.3 Å². The van der Waals surface area contributed by atoms with Gasteiger partial charge in [-0.3, -0.25) is 0 Å². The first-order chi connectivity index (χ1) is 5.34. The van der Waals surface area contributed by atoms with E-state index in [1.54, 1.807) is 12.3 Å². The molecule has 0 radical (unpaired) electrons. The van der Waals surface area contributed by atoms with E-state index >= 15 is 0 Å². The van der Waals surface area contributed by atoms with Gasteiger partial charge in [0.15, 0.2) is 0 Å². The Bertz CT molecular complexity index is 255. The highest BCUT2D eigenvalue weighted by Crippen LogP contribution is 2.22. The molecule has 1 aromatic rings. The molecule has 0 N–H and O–H groups in total. The quantitative estimate of drug-likeness (QED) is 0.616. The van der Waals surface area contributed by atoms with Crippen molar-refractivity contribution in [3.63, 3.8) is 0 Å². The molecular weight excluding hydrogens is 160 g/mol. The van der Waals surface area contributed by atoms with E-state index in [1.807, 2.05) is 31.2 Å². The molecule has 0 aliphatic rings. The van der Waals surface area contributed by atoms with E-state index in [-0.39, 0.29) is 0 Å². The first kappa shape index (κ1) is 8.15. The number of hydrogen-bond acceptors (Lipinski definition) is 1. The molecule has 1 rings (SSSR count). The van der Waals surface area contributed by atoms with Gasteiger partial charge in [-0.1, -0.05) is 29.8 Å². The Morgan fingerprint density at radius 1 is 1.36 bits per heavy atom. The largest absolute Gasteiger partial charge is 0.464 e. The standard InChI is InChI=1S/C9H9ClO/c1-2-7-11-9-6-4-3-5-8(9)10/h2-7H,1H3/b7-2-. The van der Waals surface area contributed by atoms with E-state index < -0.39 is 0 Å². The summed E-state index contributed by atoms with van der Waals surface area (Å²) in [4.78, 5) is 0. The maximum atomic E-state index is 5.80. The molecule has 0 unspecified atom stereocenters. The van der Waals surface area contributed by atoms with Crippen LogP contribution in [0.5, 0.6) is 5.75 Å². The Labute approximate surface area is 71.3 Å². The lowest BCUT2D eigenvalue weighted by Crippen LogP contribution is -1.81. The number of halogens is 1. The minimum absolute atomic E-state index is 0.630. The number of rotatable bonds is 2. The summed E-state index contributed by atoms with van der Waals surface area (Å²) in [5, 5.41) is 0.630. The molecule has 0 atom stereocenters. The second-order valence-electron chi connectivity index (χ2n) is 2.02. The van der Waals surface area contributed by atoms with Crippen LogP contribution >= 0.6 is 11.6 Å². The maximum absolute atomic E-state index is 5.80. The molecule has 0 spiro atoms. The molecule has 0 aliphatic carbocycles. The summed E-state index contributed by atoms with van der Waals surface area (Å²) in [5.41, 5.74) is 0. The van der Waals surface area contributed by atoms with Crippen LogP contribution in [-0.4, -0.2) is 0 Å². The van der Waals surface area contributed by atoms with Crippen LogP contribution in [0.1, 0.15) is 6.92 Å². The SMILES string of the molecule is C/C=C\Oc1ccccc1Cl. The van der Waals surface area contributed by atoms with E-state index in [1.165, 1.54) is 0 Å². The van der Waals surface area contributed by atoms with Crippen molar-refractivity contribution < 1.29 is 4.74 Å². The molecule has 1 nitrogen and oxygen atoms in total. The van der Waals surface area contributed by atoms with Gasteiger partial charge in [0.1, 0.15) is 5.75 Å². The van der Waals surface area contributed by atoms with Gasteiger partial charge in [-0.25, -0.2) is 0 Å². The Balaban J connectivity index is 2.77. The Kier molecular flexibility index (Phi) is 2.99. The number of ether oxygens (including phenoxy) is 1. The van der Waals surface area contributed by atoms with Gasteiger partial charge in [0.2, 0.25) is 0 Å². The molecule has 58 valence electrons. The Morgan fingerprint density at radius 2 is 2.09 bits per heavy atom. The van der Waals surface area contributed by atoms with E-state index in [0.717, 1.165) is 0 Å². The summed E-state index contributed by atoms with van der Waals surface area (Å²) in [7, 11) is 0. The molecule has 2 heteroatoms. The molecular formula is C9H9ClO. The molecule has 0 fully saturated rings. The number of allylic oxidation sites excluding steroid dienone is 1. The van der Waals surface area contributed by atoms with Crippen molar-refractivity contribution in [1.82, 2.24) is 0 Å². The van der Waals surface area contributed by atoms with Crippen molar-refractivity contribution in [2.75, 3.05) is 0 Å². The van der Waals surface area contributed by atoms with Gasteiger partial charge >= 0.3 is 0 Å². The number of benzene rings is 1. The fraction of sp³-hybridized carbons (Fsp3) is 0.111. The van der Waals surface area contributed by atoms with Crippen molar-refractivity contribution in [1.29, 1.82) is 0 Å². The highest BCUT2D eigenvalue weighted by atomic mass is 35.5. The molecule has 0 saturated heterocycles. The minimum Gasteiger partial charge on any atom is -0.464 e. The molecule has 0 heterocycles. The summed E-state index contributed by atoms with van der Waals surface area (Å²) in [6.45, 7) is 1.89. The van der Waals surface area contributed by atoms with Crippen molar-refractivity contribution in [3.05, 3.63) is 41.6 Å². The first-order valence-corrected chi connectivity index (χ1v) is 3.74. The van der Waals surface area contributed by atoms with Crippen LogP contribution < -0.4 is 4.74 Å². The highest BCUT2D eigenvalue weighted by Gasteiger charge is 1.95. The predicted octanol–water partition coefficient (Wildman–Crippen LogP) is 3.25. The van der Waals surface area contributed by atoms with Gasteiger partial charge in [0.25, 0.3) is 0 Å². The molecule has 0 aromatic heterocycles. The topological polar surface area (TPSA) is 9.23 Å². The summed E-state index contributed by atoms with van der Waals surface area (Å²) in [5.74, 6) is 0.687. The fourth-order valence-corrected chi connectivity index (χ4v) is 0.862. The average Bonchev–Trinajstić information content (AvgIpc) is 2.03. The maximum Gasteiger partial charge on any atom is 0.145 e. The smallest absolute Gasteiger partial charge is 0.145 e. The zero-order chi connectivity index (χ0) is 8.10. The van der Waals surface area contributed by atoms with E-state index in [0.29, 0.717) is 10.8 Å². The first-order valence-electron chi connectivity index (χ1n) is 3.37. The highest BCUT2D eigenvalue weighted by molar-refractivity contribution is 6.32. The molecule has 0 saturated carbocycles. The van der Waals surface area contributed by atoms with Crippen LogP contribution in [0, 0.1) is 0 Å². The minimum atomic E-state index is 0.630. The van der Waals surface area contributed by atoms with Gasteiger partial charge < -0.3 is 4.74 Å². The molecule has 0 aliphatic heterocycles. The van der Waals surface area contributed by atoms with Gasteiger partial charge in [-0.15, -0.1) is 0 Å². The van der Waals surface area contributed by atoms with Gasteiger partial charge in [-0.05, 0) is 19.1 Å². The van der Waals surface area contributed by atoms with Gasteiger partial charge in [-0.2, -0.15) is 0 Å². The summed E-state index contributed by atoms with van der Waals surface area (Å²) >= 11 is 5.80. The van der Waals surface area contributed by atoms with Crippen LogP contribution in [0.25, 0.3) is 0 Å². The third-order valence-electron chi connectivity index (χ3n) is 1.17. The Morgan fingerprint density at radius 3 is 2.73 bits per heavy atom. The van der Waals surface area contributed by atoms with Crippen LogP contribution in [-0.2, 0) is 0 Å². The number of para-hydroxylation sites is 1. The lowest BCUT2D eigenvalue weighted by Gasteiger charge is -2.00. The Hall–Kier alpha value is -0.950.